The number of methoxy groups -OCH3 is 1. The fourth-order valence-electron chi connectivity index (χ4n) is 2.38. The van der Waals surface area contributed by atoms with Gasteiger partial charge in [0.05, 0.1) is 7.11 Å². The molecule has 2 amide bonds. The van der Waals surface area contributed by atoms with Gasteiger partial charge < -0.3 is 15.4 Å². The third kappa shape index (κ3) is 4.35. The molecular weight excluding hydrogens is 304 g/mol. The second kappa shape index (κ2) is 8.15. The van der Waals surface area contributed by atoms with Gasteiger partial charge in [0.25, 0.3) is 5.91 Å². The van der Waals surface area contributed by atoms with Crippen molar-refractivity contribution < 1.29 is 14.3 Å². The van der Waals surface area contributed by atoms with Crippen molar-refractivity contribution in [1.82, 2.24) is 5.32 Å². The number of hydrogen-bond donors (Lipinski definition) is 2. The van der Waals surface area contributed by atoms with Crippen LogP contribution in [0, 0.1) is 6.92 Å². The van der Waals surface area contributed by atoms with Crippen molar-refractivity contribution in [3.05, 3.63) is 59.7 Å². The number of aryl methyl sites for hydroxylation is 1. The van der Waals surface area contributed by atoms with E-state index < -0.39 is 6.04 Å². The number of nitrogens with one attached hydrogen (secondary N) is 2. The van der Waals surface area contributed by atoms with E-state index in [4.69, 9.17) is 4.74 Å². The van der Waals surface area contributed by atoms with Crippen LogP contribution in [-0.4, -0.2) is 18.9 Å². The lowest BCUT2D eigenvalue weighted by Gasteiger charge is -2.19. The van der Waals surface area contributed by atoms with Gasteiger partial charge in [-0.3, -0.25) is 9.59 Å². The molecule has 0 spiro atoms. The number of anilines is 1. The van der Waals surface area contributed by atoms with Gasteiger partial charge in [-0.25, -0.2) is 0 Å². The number of hydrogen-bond acceptors (Lipinski definition) is 3. The summed E-state index contributed by atoms with van der Waals surface area (Å²) >= 11 is 0. The first-order chi connectivity index (χ1) is 11.5. The zero-order valence-corrected chi connectivity index (χ0v) is 14.1. The van der Waals surface area contributed by atoms with Gasteiger partial charge >= 0.3 is 0 Å². The highest BCUT2D eigenvalue weighted by Gasteiger charge is 2.22. The lowest BCUT2D eigenvalue weighted by atomic mass is 10.1. The fourth-order valence-corrected chi connectivity index (χ4v) is 2.38. The van der Waals surface area contributed by atoms with E-state index in [1.807, 2.05) is 43.3 Å². The summed E-state index contributed by atoms with van der Waals surface area (Å²) in [5, 5.41) is 5.62. The number of ether oxygens (including phenoxy) is 1. The molecule has 2 rings (SSSR count). The number of amides is 2. The van der Waals surface area contributed by atoms with E-state index in [-0.39, 0.29) is 11.8 Å². The predicted molar refractivity (Wildman–Crippen MR) is 94.0 cm³/mol. The Kier molecular flexibility index (Phi) is 5.95. The normalized spacial score (nSPS) is 11.5. The van der Waals surface area contributed by atoms with Crippen molar-refractivity contribution in [2.24, 2.45) is 0 Å². The van der Waals surface area contributed by atoms with E-state index in [1.54, 1.807) is 26.2 Å². The van der Waals surface area contributed by atoms with E-state index in [0.29, 0.717) is 12.1 Å². The van der Waals surface area contributed by atoms with Crippen LogP contribution in [0.25, 0.3) is 0 Å². The van der Waals surface area contributed by atoms with Gasteiger partial charge in [-0.2, -0.15) is 0 Å². The minimum atomic E-state index is -0.735. The van der Waals surface area contributed by atoms with Gasteiger partial charge in [0.1, 0.15) is 11.8 Å². The Labute approximate surface area is 142 Å². The lowest BCUT2D eigenvalue weighted by molar-refractivity contribution is -0.126. The molecule has 2 aromatic rings. The molecule has 0 heterocycles. The molecule has 0 saturated carbocycles. The summed E-state index contributed by atoms with van der Waals surface area (Å²) in [5.74, 6) is 0.296. The standard InChI is InChI=1S/C19H22N2O3/c1-4-17(22)21-18(14-8-6-5-7-9-14)19(23)20-15-10-11-16(24-3)13(2)12-15/h5-12,18H,4H2,1-3H3,(H,20,23)(H,21,22)/t18-/m0/s1. The molecule has 0 fully saturated rings. The van der Waals surface area contributed by atoms with Gasteiger partial charge in [-0.15, -0.1) is 0 Å². The van der Waals surface area contributed by atoms with Crippen molar-refractivity contribution in [3.63, 3.8) is 0 Å². The maximum absolute atomic E-state index is 12.7. The Hall–Kier alpha value is -2.82. The minimum absolute atomic E-state index is 0.176. The molecule has 0 aliphatic heterocycles. The van der Waals surface area contributed by atoms with Crippen LogP contribution in [0.1, 0.15) is 30.5 Å². The number of rotatable bonds is 6. The molecule has 0 bridgehead atoms. The quantitative estimate of drug-likeness (QED) is 0.856. The average Bonchev–Trinajstić information content (AvgIpc) is 2.60. The Balaban J connectivity index is 2.21. The summed E-state index contributed by atoms with van der Waals surface area (Å²) < 4.78 is 5.22. The van der Waals surface area contributed by atoms with E-state index >= 15 is 0 Å². The zero-order valence-electron chi connectivity index (χ0n) is 14.1. The van der Waals surface area contributed by atoms with Crippen LogP contribution >= 0.6 is 0 Å². The second-order valence-electron chi connectivity index (χ2n) is 5.44. The van der Waals surface area contributed by atoms with Gasteiger partial charge in [-0.1, -0.05) is 37.3 Å². The van der Waals surface area contributed by atoms with Crippen LogP contribution in [0.2, 0.25) is 0 Å². The molecule has 0 aromatic heterocycles. The summed E-state index contributed by atoms with van der Waals surface area (Å²) in [6.45, 7) is 3.66. The molecule has 0 aliphatic carbocycles. The number of benzene rings is 2. The van der Waals surface area contributed by atoms with Crippen LogP contribution in [0.15, 0.2) is 48.5 Å². The van der Waals surface area contributed by atoms with Crippen LogP contribution in [0.4, 0.5) is 5.69 Å². The predicted octanol–water partition coefficient (Wildman–Crippen LogP) is 3.21. The third-order valence-electron chi connectivity index (χ3n) is 3.68. The number of carbonyl (C=O) groups excluding carboxylic acids is 2. The molecule has 5 heteroatoms. The van der Waals surface area contributed by atoms with E-state index in [9.17, 15) is 9.59 Å². The Bertz CT molecular complexity index is 714. The smallest absolute Gasteiger partial charge is 0.251 e. The molecule has 0 unspecified atom stereocenters. The molecule has 1 atom stereocenters. The van der Waals surface area contributed by atoms with Crippen LogP contribution in [0.5, 0.6) is 5.75 Å². The summed E-state index contributed by atoms with van der Waals surface area (Å²) in [4.78, 5) is 24.5. The topological polar surface area (TPSA) is 67.4 Å². The monoisotopic (exact) mass is 326 g/mol. The molecule has 5 nitrogen and oxygen atoms in total. The van der Waals surface area contributed by atoms with Crippen LogP contribution in [-0.2, 0) is 9.59 Å². The minimum Gasteiger partial charge on any atom is -0.496 e. The second-order valence-corrected chi connectivity index (χ2v) is 5.44. The largest absolute Gasteiger partial charge is 0.496 e. The SMILES string of the molecule is CCC(=O)N[C@H](C(=O)Nc1ccc(OC)c(C)c1)c1ccccc1. The van der Waals surface area contributed by atoms with Gasteiger partial charge in [0.15, 0.2) is 0 Å². The van der Waals surface area contributed by atoms with E-state index in [2.05, 4.69) is 10.6 Å². The summed E-state index contributed by atoms with van der Waals surface area (Å²) in [7, 11) is 1.60. The summed E-state index contributed by atoms with van der Waals surface area (Å²) in [5.41, 5.74) is 2.32. The summed E-state index contributed by atoms with van der Waals surface area (Å²) in [6, 6.07) is 13.9. The van der Waals surface area contributed by atoms with E-state index in [1.165, 1.54) is 0 Å². The van der Waals surface area contributed by atoms with Gasteiger partial charge in [-0.05, 0) is 36.2 Å². The highest BCUT2D eigenvalue weighted by molar-refractivity contribution is 5.98. The summed E-state index contributed by atoms with van der Waals surface area (Å²) in [6.07, 6.45) is 0.318. The number of carbonyl (C=O) groups is 2. The van der Waals surface area contributed by atoms with Crippen LogP contribution in [0.3, 0.4) is 0 Å². The molecule has 0 saturated heterocycles. The Morgan fingerprint density at radius 3 is 2.42 bits per heavy atom. The maximum atomic E-state index is 12.7. The molecule has 0 aliphatic rings. The average molecular weight is 326 g/mol. The highest BCUT2D eigenvalue weighted by atomic mass is 16.5. The highest BCUT2D eigenvalue weighted by Crippen LogP contribution is 2.23. The van der Waals surface area contributed by atoms with Gasteiger partial charge in [0.2, 0.25) is 5.91 Å². The first-order valence-electron chi connectivity index (χ1n) is 7.85. The first-order valence-corrected chi connectivity index (χ1v) is 7.85. The molecule has 126 valence electrons. The lowest BCUT2D eigenvalue weighted by Crippen LogP contribution is -2.36. The van der Waals surface area contributed by atoms with Gasteiger partial charge in [0, 0.05) is 12.1 Å². The molecular formula is C19H22N2O3. The van der Waals surface area contributed by atoms with E-state index in [0.717, 1.165) is 16.9 Å². The molecule has 0 radical (unpaired) electrons. The maximum Gasteiger partial charge on any atom is 0.251 e. The van der Waals surface area contributed by atoms with Crippen molar-refractivity contribution in [1.29, 1.82) is 0 Å². The Morgan fingerprint density at radius 2 is 1.83 bits per heavy atom. The van der Waals surface area contributed by atoms with Crippen LogP contribution < -0.4 is 15.4 Å². The molecule has 24 heavy (non-hydrogen) atoms. The van der Waals surface area contributed by atoms with Crippen molar-refractivity contribution in [2.45, 2.75) is 26.3 Å². The first kappa shape index (κ1) is 17.5. The Morgan fingerprint density at radius 1 is 1.12 bits per heavy atom. The molecule has 2 N–H and O–H groups in total. The van der Waals surface area contributed by atoms with Crippen molar-refractivity contribution in [3.8, 4) is 5.75 Å². The third-order valence-corrected chi connectivity index (χ3v) is 3.68. The zero-order chi connectivity index (χ0) is 17.5. The van der Waals surface area contributed by atoms with Crippen molar-refractivity contribution in [2.75, 3.05) is 12.4 Å². The molecule has 2 aromatic carbocycles. The fraction of sp³-hybridized carbons (Fsp3) is 0.263. The van der Waals surface area contributed by atoms with Crippen molar-refractivity contribution >= 4 is 17.5 Å².